The van der Waals surface area contributed by atoms with Crippen molar-refractivity contribution < 1.29 is 4.79 Å². The molecule has 22 heavy (non-hydrogen) atoms. The number of nitrogens with two attached hydrogens (primary N) is 1. The minimum Gasteiger partial charge on any atom is -0.348 e. The molecule has 6 heteroatoms. The molecule has 0 bridgehead atoms. The van der Waals surface area contributed by atoms with Crippen molar-refractivity contribution in [2.24, 2.45) is 11.7 Å². The number of carbonyl (C=O) groups is 1. The number of halogens is 2. The number of benzene rings is 1. The van der Waals surface area contributed by atoms with Gasteiger partial charge < -0.3 is 11.1 Å². The lowest BCUT2D eigenvalue weighted by Crippen LogP contribution is -2.45. The highest BCUT2D eigenvalue weighted by atomic mass is 79.9. The molecule has 2 rings (SSSR count). The maximum absolute atomic E-state index is 12.2. The van der Waals surface area contributed by atoms with Gasteiger partial charge in [0.05, 0.1) is 12.6 Å². The summed E-state index contributed by atoms with van der Waals surface area (Å²) in [7, 11) is 1.99. The zero-order valence-electron chi connectivity index (χ0n) is 13.1. The van der Waals surface area contributed by atoms with Crippen LogP contribution < -0.4 is 11.1 Å². The molecule has 1 fully saturated rings. The van der Waals surface area contributed by atoms with Crippen LogP contribution in [-0.4, -0.2) is 37.0 Å². The van der Waals surface area contributed by atoms with Gasteiger partial charge in [0.2, 0.25) is 5.91 Å². The van der Waals surface area contributed by atoms with Crippen molar-refractivity contribution in [1.29, 1.82) is 0 Å². The minimum absolute atomic E-state index is 0. The summed E-state index contributed by atoms with van der Waals surface area (Å²) in [5.74, 6) is 0.726. The SMILES string of the molecule is CC(NC(=O)CN(C)C(CN)C1CC1)c1ccc(Br)cc1.Cl. The summed E-state index contributed by atoms with van der Waals surface area (Å²) >= 11 is 3.42. The standard InChI is InChI=1S/C16H24BrN3O.ClH/c1-11(12-5-7-14(17)8-6-12)19-16(21)10-20(2)15(9-18)13-3-4-13;/h5-8,11,13,15H,3-4,9-10,18H2,1-2H3,(H,19,21);1H. The van der Waals surface area contributed by atoms with E-state index in [-0.39, 0.29) is 24.4 Å². The van der Waals surface area contributed by atoms with Gasteiger partial charge in [-0.2, -0.15) is 0 Å². The fraction of sp³-hybridized carbons (Fsp3) is 0.562. The monoisotopic (exact) mass is 389 g/mol. The van der Waals surface area contributed by atoms with Crippen LogP contribution in [0.25, 0.3) is 0 Å². The summed E-state index contributed by atoms with van der Waals surface area (Å²) in [5, 5.41) is 3.05. The van der Waals surface area contributed by atoms with E-state index in [1.165, 1.54) is 12.8 Å². The fourth-order valence-corrected chi connectivity index (χ4v) is 2.94. The second-order valence-electron chi connectivity index (χ2n) is 5.90. The zero-order valence-corrected chi connectivity index (χ0v) is 15.5. The van der Waals surface area contributed by atoms with Gasteiger partial charge in [0.25, 0.3) is 0 Å². The number of nitrogens with zero attached hydrogens (tertiary/aromatic N) is 1. The van der Waals surface area contributed by atoms with Crippen LogP contribution in [0.3, 0.4) is 0 Å². The molecule has 0 saturated heterocycles. The van der Waals surface area contributed by atoms with E-state index < -0.39 is 0 Å². The van der Waals surface area contributed by atoms with Crippen LogP contribution in [-0.2, 0) is 4.79 Å². The fourth-order valence-electron chi connectivity index (χ4n) is 2.68. The summed E-state index contributed by atoms with van der Waals surface area (Å²) < 4.78 is 1.04. The first kappa shape index (κ1) is 19.4. The lowest BCUT2D eigenvalue weighted by molar-refractivity contribution is -0.123. The molecule has 0 heterocycles. The van der Waals surface area contributed by atoms with Crippen molar-refractivity contribution in [2.45, 2.75) is 31.8 Å². The number of amides is 1. The number of hydrogen-bond donors (Lipinski definition) is 2. The maximum Gasteiger partial charge on any atom is 0.234 e. The maximum atomic E-state index is 12.2. The number of carbonyl (C=O) groups excluding carboxylic acids is 1. The topological polar surface area (TPSA) is 58.4 Å². The predicted molar refractivity (Wildman–Crippen MR) is 96.1 cm³/mol. The molecule has 4 nitrogen and oxygen atoms in total. The van der Waals surface area contributed by atoms with E-state index in [9.17, 15) is 4.79 Å². The highest BCUT2D eigenvalue weighted by Crippen LogP contribution is 2.34. The second-order valence-corrected chi connectivity index (χ2v) is 6.81. The normalized spacial score (nSPS) is 16.8. The van der Waals surface area contributed by atoms with E-state index in [4.69, 9.17) is 5.73 Å². The zero-order chi connectivity index (χ0) is 15.4. The smallest absolute Gasteiger partial charge is 0.234 e. The van der Waals surface area contributed by atoms with E-state index in [0.717, 1.165) is 10.0 Å². The van der Waals surface area contributed by atoms with Gasteiger partial charge >= 0.3 is 0 Å². The van der Waals surface area contributed by atoms with Gasteiger partial charge in [0.1, 0.15) is 0 Å². The average Bonchev–Trinajstić information content (AvgIpc) is 3.24. The van der Waals surface area contributed by atoms with Crippen molar-refractivity contribution in [3.05, 3.63) is 34.3 Å². The van der Waals surface area contributed by atoms with E-state index in [1.807, 2.05) is 38.2 Å². The number of hydrogen-bond acceptors (Lipinski definition) is 3. The number of rotatable bonds is 7. The van der Waals surface area contributed by atoms with Crippen molar-refractivity contribution in [1.82, 2.24) is 10.2 Å². The van der Waals surface area contributed by atoms with Crippen LogP contribution in [0.1, 0.15) is 31.4 Å². The van der Waals surface area contributed by atoms with Gasteiger partial charge in [0.15, 0.2) is 0 Å². The number of likely N-dealkylation sites (N-methyl/N-ethyl adjacent to an activating group) is 1. The van der Waals surface area contributed by atoms with Gasteiger partial charge in [-0.25, -0.2) is 0 Å². The Balaban J connectivity index is 0.00000242. The first-order valence-electron chi connectivity index (χ1n) is 7.46. The molecule has 1 aromatic rings. The van der Waals surface area contributed by atoms with Crippen LogP contribution in [0.2, 0.25) is 0 Å². The first-order valence-corrected chi connectivity index (χ1v) is 8.25. The Labute approximate surface area is 147 Å². The molecule has 1 amide bonds. The lowest BCUT2D eigenvalue weighted by Gasteiger charge is -2.27. The Kier molecular flexibility index (Phi) is 7.83. The molecule has 2 atom stereocenters. The Morgan fingerprint density at radius 2 is 2.00 bits per heavy atom. The molecule has 0 aliphatic heterocycles. The quantitative estimate of drug-likeness (QED) is 0.752. The Morgan fingerprint density at radius 1 is 1.41 bits per heavy atom. The highest BCUT2D eigenvalue weighted by molar-refractivity contribution is 9.10. The summed E-state index contributed by atoms with van der Waals surface area (Å²) in [5.41, 5.74) is 6.92. The van der Waals surface area contributed by atoms with E-state index in [0.29, 0.717) is 25.0 Å². The van der Waals surface area contributed by atoms with Gasteiger partial charge in [-0.05, 0) is 50.4 Å². The van der Waals surface area contributed by atoms with E-state index in [2.05, 4.69) is 26.1 Å². The summed E-state index contributed by atoms with van der Waals surface area (Å²) in [6, 6.07) is 8.36. The molecule has 1 aliphatic rings. The van der Waals surface area contributed by atoms with Gasteiger partial charge in [-0.15, -0.1) is 12.4 Å². The predicted octanol–water partition coefficient (Wildman–Crippen LogP) is 2.72. The Hall–Kier alpha value is -0.620. The second kappa shape index (κ2) is 8.87. The molecule has 1 aliphatic carbocycles. The van der Waals surface area contributed by atoms with Crippen LogP contribution >= 0.6 is 28.3 Å². The molecule has 2 unspecified atom stereocenters. The summed E-state index contributed by atoms with van der Waals surface area (Å²) in [6.45, 7) is 3.03. The molecule has 0 radical (unpaired) electrons. The Morgan fingerprint density at radius 3 is 2.50 bits per heavy atom. The van der Waals surface area contributed by atoms with E-state index >= 15 is 0 Å². The molecule has 1 aromatic carbocycles. The number of nitrogens with one attached hydrogen (secondary N) is 1. The van der Waals surface area contributed by atoms with E-state index in [1.54, 1.807) is 0 Å². The molecule has 0 spiro atoms. The van der Waals surface area contributed by atoms with Crippen molar-refractivity contribution in [3.8, 4) is 0 Å². The highest BCUT2D eigenvalue weighted by Gasteiger charge is 2.33. The lowest BCUT2D eigenvalue weighted by atomic mass is 10.1. The third kappa shape index (κ3) is 5.54. The molecule has 1 saturated carbocycles. The third-order valence-electron chi connectivity index (χ3n) is 4.11. The largest absolute Gasteiger partial charge is 0.348 e. The van der Waals surface area contributed by atoms with Gasteiger partial charge in [-0.1, -0.05) is 28.1 Å². The van der Waals surface area contributed by atoms with Crippen molar-refractivity contribution in [3.63, 3.8) is 0 Å². The van der Waals surface area contributed by atoms with Crippen LogP contribution in [0.15, 0.2) is 28.7 Å². The summed E-state index contributed by atoms with van der Waals surface area (Å²) in [6.07, 6.45) is 2.48. The van der Waals surface area contributed by atoms with Crippen LogP contribution in [0.5, 0.6) is 0 Å². The molecule has 3 N–H and O–H groups in total. The van der Waals surface area contributed by atoms with Crippen molar-refractivity contribution >= 4 is 34.2 Å². The first-order chi connectivity index (χ1) is 10.0. The molecular formula is C16H25BrClN3O. The Bertz CT molecular complexity index is 479. The molecule has 124 valence electrons. The average molecular weight is 391 g/mol. The molecular weight excluding hydrogens is 366 g/mol. The minimum atomic E-state index is 0. The molecule has 0 aromatic heterocycles. The van der Waals surface area contributed by atoms with Gasteiger partial charge in [-0.3, -0.25) is 9.69 Å². The van der Waals surface area contributed by atoms with Crippen LogP contribution in [0.4, 0.5) is 0 Å². The van der Waals surface area contributed by atoms with Crippen LogP contribution in [0, 0.1) is 5.92 Å². The third-order valence-corrected chi connectivity index (χ3v) is 4.64. The van der Waals surface area contributed by atoms with Gasteiger partial charge in [0, 0.05) is 17.1 Å². The van der Waals surface area contributed by atoms with Crippen molar-refractivity contribution in [2.75, 3.05) is 20.1 Å². The summed E-state index contributed by atoms with van der Waals surface area (Å²) in [4.78, 5) is 14.2.